The first kappa shape index (κ1) is 15.4. The van der Waals surface area contributed by atoms with E-state index in [0.717, 1.165) is 32.1 Å². The molecular weight excluding hydrogens is 280 g/mol. The minimum atomic E-state index is -0.585. The molecule has 9 atom stereocenters. The average molecular weight is 310 g/mol. The largest absolute Gasteiger partial charge is 0.390 e. The Labute approximate surface area is 132 Å². The molecule has 4 fully saturated rings. The molecule has 4 aliphatic rings. The summed E-state index contributed by atoms with van der Waals surface area (Å²) in [4.78, 5) is 0. The van der Waals surface area contributed by atoms with Gasteiger partial charge in [-0.1, -0.05) is 13.8 Å². The van der Waals surface area contributed by atoms with Crippen molar-refractivity contribution in [2.75, 3.05) is 6.61 Å². The molecule has 0 unspecified atom stereocenters. The normalized spacial score (nSPS) is 61.2. The first-order chi connectivity index (χ1) is 10.4. The number of aliphatic hydroxyl groups excluding tert-OH is 3. The van der Waals surface area contributed by atoms with E-state index in [1.54, 1.807) is 0 Å². The minimum Gasteiger partial charge on any atom is -0.390 e. The molecular formula is C18H30O4. The van der Waals surface area contributed by atoms with Crippen LogP contribution < -0.4 is 0 Å². The molecule has 3 aliphatic carbocycles. The van der Waals surface area contributed by atoms with Crippen molar-refractivity contribution < 1.29 is 20.1 Å². The van der Waals surface area contributed by atoms with Crippen LogP contribution in [0.2, 0.25) is 0 Å². The second-order valence-corrected chi connectivity index (χ2v) is 8.95. The quantitative estimate of drug-likeness (QED) is 0.639. The lowest BCUT2D eigenvalue weighted by Gasteiger charge is -2.60. The average Bonchev–Trinajstić information content (AvgIpc) is 2.72. The van der Waals surface area contributed by atoms with Gasteiger partial charge in [0.1, 0.15) is 0 Å². The van der Waals surface area contributed by atoms with Crippen LogP contribution in [0.4, 0.5) is 0 Å². The van der Waals surface area contributed by atoms with E-state index >= 15 is 0 Å². The van der Waals surface area contributed by atoms with Gasteiger partial charge >= 0.3 is 0 Å². The van der Waals surface area contributed by atoms with Gasteiger partial charge in [-0.2, -0.15) is 0 Å². The molecule has 0 bridgehead atoms. The highest BCUT2D eigenvalue weighted by Gasteiger charge is 2.62. The van der Waals surface area contributed by atoms with Gasteiger partial charge in [0.2, 0.25) is 0 Å². The molecule has 4 nitrogen and oxygen atoms in total. The van der Waals surface area contributed by atoms with E-state index in [-0.39, 0.29) is 10.8 Å². The van der Waals surface area contributed by atoms with E-state index in [1.807, 2.05) is 0 Å². The third kappa shape index (κ3) is 1.90. The highest BCUT2D eigenvalue weighted by Crippen LogP contribution is 2.64. The molecule has 4 heteroatoms. The monoisotopic (exact) mass is 310 g/mol. The predicted molar refractivity (Wildman–Crippen MR) is 81.8 cm³/mol. The molecule has 4 rings (SSSR count). The van der Waals surface area contributed by atoms with Gasteiger partial charge in [0.05, 0.1) is 18.8 Å². The molecule has 0 aromatic carbocycles. The summed E-state index contributed by atoms with van der Waals surface area (Å²) in [6.07, 6.45) is 4.27. The van der Waals surface area contributed by atoms with E-state index in [0.29, 0.717) is 30.3 Å². The molecule has 1 saturated heterocycles. The lowest BCUT2D eigenvalue weighted by atomic mass is 9.47. The molecule has 126 valence electrons. The number of fused-ring (bicyclic) bond motifs is 5. The fourth-order valence-corrected chi connectivity index (χ4v) is 6.72. The Kier molecular flexibility index (Phi) is 3.44. The standard InChI is InChI=1S/C18H30O4/c1-17-6-5-12-11(13(17)8-14(19)16(17)21)4-3-10-7-15(20)22-9-18(10,12)2/h10-16,19-21H,3-9H2,1-2H3/t10-,11+,12-,13-,14-,15+,16-,17-,18-/m0/s1. The van der Waals surface area contributed by atoms with Crippen molar-refractivity contribution >= 4 is 0 Å². The molecule has 1 aliphatic heterocycles. The van der Waals surface area contributed by atoms with Crippen LogP contribution in [0.3, 0.4) is 0 Å². The van der Waals surface area contributed by atoms with Crippen LogP contribution in [0.1, 0.15) is 52.4 Å². The minimum absolute atomic E-state index is 0.112. The van der Waals surface area contributed by atoms with Crippen molar-refractivity contribution in [3.63, 3.8) is 0 Å². The van der Waals surface area contributed by atoms with Crippen LogP contribution in [0.25, 0.3) is 0 Å². The summed E-state index contributed by atoms with van der Waals surface area (Å²) in [6.45, 7) is 5.20. The van der Waals surface area contributed by atoms with E-state index in [9.17, 15) is 15.3 Å². The molecule has 0 amide bonds. The van der Waals surface area contributed by atoms with Gasteiger partial charge in [0.15, 0.2) is 6.29 Å². The Balaban J connectivity index is 1.63. The molecule has 0 aromatic heterocycles. The molecule has 22 heavy (non-hydrogen) atoms. The van der Waals surface area contributed by atoms with Gasteiger partial charge in [-0.25, -0.2) is 0 Å². The molecule has 0 radical (unpaired) electrons. The third-order valence-corrected chi connectivity index (χ3v) is 8.11. The summed E-state index contributed by atoms with van der Waals surface area (Å²) in [5.41, 5.74) is 0.0424. The highest BCUT2D eigenvalue weighted by molar-refractivity contribution is 5.11. The Hall–Kier alpha value is -0.160. The van der Waals surface area contributed by atoms with Crippen LogP contribution in [0.15, 0.2) is 0 Å². The number of rotatable bonds is 0. The van der Waals surface area contributed by atoms with Crippen molar-refractivity contribution in [3.8, 4) is 0 Å². The highest BCUT2D eigenvalue weighted by atomic mass is 16.6. The fraction of sp³-hybridized carbons (Fsp3) is 1.00. The third-order valence-electron chi connectivity index (χ3n) is 8.11. The second-order valence-electron chi connectivity index (χ2n) is 8.95. The summed E-state index contributed by atoms with van der Waals surface area (Å²) in [7, 11) is 0. The molecule has 0 spiro atoms. The van der Waals surface area contributed by atoms with Gasteiger partial charge in [-0.05, 0) is 66.6 Å². The maximum absolute atomic E-state index is 10.5. The zero-order valence-electron chi connectivity index (χ0n) is 13.7. The molecule has 3 saturated carbocycles. The first-order valence-corrected chi connectivity index (χ1v) is 9.02. The van der Waals surface area contributed by atoms with E-state index in [1.165, 1.54) is 6.42 Å². The number of ether oxygens (including phenoxy) is 1. The van der Waals surface area contributed by atoms with Gasteiger partial charge in [0.25, 0.3) is 0 Å². The van der Waals surface area contributed by atoms with Crippen molar-refractivity contribution in [1.29, 1.82) is 0 Å². The van der Waals surface area contributed by atoms with E-state index < -0.39 is 18.5 Å². The first-order valence-electron chi connectivity index (χ1n) is 9.02. The van der Waals surface area contributed by atoms with Crippen LogP contribution in [0.5, 0.6) is 0 Å². The van der Waals surface area contributed by atoms with Crippen molar-refractivity contribution in [1.82, 2.24) is 0 Å². The van der Waals surface area contributed by atoms with Crippen LogP contribution in [-0.2, 0) is 4.74 Å². The zero-order chi connectivity index (χ0) is 15.7. The smallest absolute Gasteiger partial charge is 0.154 e. The Bertz CT molecular complexity index is 454. The topological polar surface area (TPSA) is 69.9 Å². The van der Waals surface area contributed by atoms with Gasteiger partial charge in [-0.15, -0.1) is 0 Å². The second kappa shape index (κ2) is 4.92. The summed E-state index contributed by atoms with van der Waals surface area (Å²) >= 11 is 0. The maximum atomic E-state index is 10.5. The lowest BCUT2D eigenvalue weighted by Crippen LogP contribution is -2.56. The lowest BCUT2D eigenvalue weighted by molar-refractivity contribution is -0.228. The van der Waals surface area contributed by atoms with E-state index in [4.69, 9.17) is 4.74 Å². The zero-order valence-corrected chi connectivity index (χ0v) is 13.7. The summed E-state index contributed by atoms with van der Waals surface area (Å²) in [5.74, 6) is 2.18. The summed E-state index contributed by atoms with van der Waals surface area (Å²) in [5, 5.41) is 30.5. The molecule has 1 heterocycles. The molecule has 3 N–H and O–H groups in total. The van der Waals surface area contributed by atoms with Crippen molar-refractivity contribution in [3.05, 3.63) is 0 Å². The maximum Gasteiger partial charge on any atom is 0.154 e. The SMILES string of the molecule is C[C@]12CO[C@@H](O)C[C@@H]1CC[C@@H]1[C@@H]2CC[C@]2(C)[C@@H](O)[C@@H](O)C[C@@H]12. The van der Waals surface area contributed by atoms with Crippen molar-refractivity contribution in [2.24, 2.45) is 34.5 Å². The Morgan fingerprint density at radius 1 is 0.909 bits per heavy atom. The van der Waals surface area contributed by atoms with Gasteiger partial charge in [-0.3, -0.25) is 0 Å². The summed E-state index contributed by atoms with van der Waals surface area (Å²) in [6, 6.07) is 0. The van der Waals surface area contributed by atoms with E-state index in [2.05, 4.69) is 13.8 Å². The molecule has 0 aromatic rings. The summed E-state index contributed by atoms with van der Waals surface area (Å²) < 4.78 is 5.63. The number of hydrogen-bond acceptors (Lipinski definition) is 4. The van der Waals surface area contributed by atoms with Gasteiger partial charge in [0, 0.05) is 6.42 Å². The number of aliphatic hydroxyl groups is 3. The predicted octanol–water partition coefficient (Wildman–Crippen LogP) is 1.92. The number of hydrogen-bond donors (Lipinski definition) is 3. The Morgan fingerprint density at radius 3 is 2.45 bits per heavy atom. The van der Waals surface area contributed by atoms with Crippen LogP contribution >= 0.6 is 0 Å². The van der Waals surface area contributed by atoms with Crippen LogP contribution in [0, 0.1) is 34.5 Å². The fourth-order valence-electron chi connectivity index (χ4n) is 6.72. The van der Waals surface area contributed by atoms with Crippen molar-refractivity contribution in [2.45, 2.75) is 70.9 Å². The van der Waals surface area contributed by atoms with Gasteiger partial charge < -0.3 is 20.1 Å². The van der Waals surface area contributed by atoms with Crippen LogP contribution in [-0.4, -0.2) is 40.4 Å². The Morgan fingerprint density at radius 2 is 1.68 bits per heavy atom.